The van der Waals surface area contributed by atoms with Crippen molar-refractivity contribution in [3.63, 3.8) is 0 Å². The van der Waals surface area contributed by atoms with Crippen molar-refractivity contribution >= 4 is 39.6 Å². The molecule has 6 atom stereocenters. The Morgan fingerprint density at radius 2 is 1.88 bits per heavy atom. The van der Waals surface area contributed by atoms with Crippen molar-refractivity contribution in [3.8, 4) is 0 Å². The zero-order chi connectivity index (χ0) is 29.1. The van der Waals surface area contributed by atoms with Crippen LogP contribution in [0.5, 0.6) is 0 Å². The number of carbonyl (C=O) groups excluding carboxylic acids is 4. The molecule has 2 N–H and O–H groups in total. The van der Waals surface area contributed by atoms with E-state index in [0.717, 1.165) is 13.1 Å². The average molecular weight is 640 g/mol. The lowest BCUT2D eigenvalue weighted by Gasteiger charge is -2.37. The summed E-state index contributed by atoms with van der Waals surface area (Å²) in [4.78, 5) is 59.8. The van der Waals surface area contributed by atoms with Gasteiger partial charge in [-0.05, 0) is 25.8 Å². The second kappa shape index (κ2) is 12.9. The molecule has 0 radical (unpaired) electrons. The maximum Gasteiger partial charge on any atom is 0.313 e. The van der Waals surface area contributed by atoms with Crippen LogP contribution in [0, 0.1) is 11.8 Å². The van der Waals surface area contributed by atoms with Crippen molar-refractivity contribution in [2.75, 3.05) is 65.6 Å². The van der Waals surface area contributed by atoms with E-state index in [9.17, 15) is 24.3 Å². The molecule has 5 aliphatic heterocycles. The topological polar surface area (TPSA) is 138 Å². The maximum atomic E-state index is 14.5. The van der Waals surface area contributed by atoms with Gasteiger partial charge in [0.05, 0.1) is 25.7 Å². The number of cyclic esters (lactones) is 1. The lowest BCUT2D eigenvalue weighted by Crippen LogP contribution is -2.57. The van der Waals surface area contributed by atoms with Gasteiger partial charge in [-0.3, -0.25) is 24.1 Å². The summed E-state index contributed by atoms with van der Waals surface area (Å²) in [5.74, 6) is -3.30. The minimum absolute atomic E-state index is 0.145. The number of fused-ring (bicyclic) bond motifs is 2. The number of morpholine rings is 1. The van der Waals surface area contributed by atoms with E-state index in [1.54, 1.807) is 17.9 Å². The highest BCUT2D eigenvalue weighted by Gasteiger charge is 2.74. The van der Waals surface area contributed by atoms with Crippen LogP contribution in [-0.2, 0) is 33.4 Å². The number of allylic oxidation sites excluding steroid dienone is 1. The minimum atomic E-state index is -1.34. The van der Waals surface area contributed by atoms with Crippen LogP contribution in [-0.4, -0.2) is 133 Å². The number of carbonyl (C=O) groups is 4. The Hall–Kier alpha value is -2.32. The number of nitrogens with one attached hydrogen (secondary N) is 1. The first-order chi connectivity index (χ1) is 19.8. The highest BCUT2D eigenvalue weighted by atomic mass is 79.9. The van der Waals surface area contributed by atoms with Crippen molar-refractivity contribution in [2.24, 2.45) is 11.8 Å². The molecule has 12 nitrogen and oxygen atoms in total. The van der Waals surface area contributed by atoms with Gasteiger partial charge in [0.15, 0.2) is 0 Å². The number of aliphatic hydroxyl groups is 1. The quantitative estimate of drug-likeness (QED) is 0.299. The van der Waals surface area contributed by atoms with E-state index in [2.05, 4.69) is 26.1 Å². The number of rotatable bonds is 6. The molecule has 5 aliphatic rings. The molecule has 13 heteroatoms. The van der Waals surface area contributed by atoms with Gasteiger partial charge < -0.3 is 34.4 Å². The van der Waals surface area contributed by atoms with Gasteiger partial charge in [0.2, 0.25) is 17.7 Å². The van der Waals surface area contributed by atoms with E-state index >= 15 is 0 Å². The molecule has 0 saturated carbocycles. The third-order valence-corrected chi connectivity index (χ3v) is 9.21. The molecule has 0 unspecified atom stereocenters. The molecule has 3 amide bonds. The summed E-state index contributed by atoms with van der Waals surface area (Å²) in [7, 11) is 0. The number of ether oxygens (including phenoxy) is 3. The molecular weight excluding hydrogens is 600 g/mol. The monoisotopic (exact) mass is 638 g/mol. The van der Waals surface area contributed by atoms with Crippen LogP contribution in [0.4, 0.5) is 0 Å². The van der Waals surface area contributed by atoms with Crippen LogP contribution in [0.2, 0.25) is 0 Å². The first kappa shape index (κ1) is 30.1. The molecule has 5 heterocycles. The Bertz CT molecular complexity index is 1090. The number of amides is 3. The van der Waals surface area contributed by atoms with E-state index < -0.39 is 41.7 Å². The van der Waals surface area contributed by atoms with Crippen LogP contribution in [0.15, 0.2) is 22.7 Å². The van der Waals surface area contributed by atoms with Crippen LogP contribution in [0.25, 0.3) is 0 Å². The highest BCUT2D eigenvalue weighted by molar-refractivity contribution is 9.11. The van der Waals surface area contributed by atoms with Gasteiger partial charge in [-0.1, -0.05) is 28.1 Å². The molecule has 0 aromatic carbocycles. The highest BCUT2D eigenvalue weighted by Crippen LogP contribution is 2.58. The third kappa shape index (κ3) is 5.96. The third-order valence-electron chi connectivity index (χ3n) is 8.53. The SMILES string of the molecule is C[C@@H]1CNC(=O)CC/C=C\CN(CCN2CCOCC2)C(=O)[C@@H]2N(CCCO)C(=O)[C@H]3[C@H](C(=O)O1)[C@H]1O[C@@]23C=C1Br. The number of aliphatic hydroxyl groups excluding tert-OH is 1. The normalized spacial score (nSPS) is 35.8. The number of nitrogens with zero attached hydrogens (tertiary/aromatic N) is 3. The van der Waals surface area contributed by atoms with Gasteiger partial charge in [-0.15, -0.1) is 0 Å². The number of hydrogen-bond donors (Lipinski definition) is 2. The summed E-state index contributed by atoms with van der Waals surface area (Å²) in [6.07, 6.45) is 5.20. The molecule has 5 rings (SSSR count). The molecule has 3 saturated heterocycles. The van der Waals surface area contributed by atoms with Crippen LogP contribution >= 0.6 is 15.9 Å². The number of hydrogen-bond acceptors (Lipinski definition) is 9. The van der Waals surface area contributed by atoms with Crippen molar-refractivity contribution in [1.82, 2.24) is 20.0 Å². The average Bonchev–Trinajstić information content (AvgIpc) is 3.55. The molecule has 5 bridgehead atoms. The molecule has 0 aromatic rings. The molecule has 41 heavy (non-hydrogen) atoms. The Morgan fingerprint density at radius 3 is 2.63 bits per heavy atom. The minimum Gasteiger partial charge on any atom is -0.460 e. The molecule has 0 aliphatic carbocycles. The summed E-state index contributed by atoms with van der Waals surface area (Å²) in [5.41, 5.74) is -1.34. The fourth-order valence-electron chi connectivity index (χ4n) is 6.50. The molecule has 1 spiro atoms. The van der Waals surface area contributed by atoms with E-state index in [0.29, 0.717) is 43.8 Å². The molecule has 226 valence electrons. The van der Waals surface area contributed by atoms with Crippen molar-refractivity contribution < 1.29 is 38.5 Å². The van der Waals surface area contributed by atoms with E-state index in [4.69, 9.17) is 14.2 Å². The van der Waals surface area contributed by atoms with Crippen molar-refractivity contribution in [2.45, 2.75) is 50.0 Å². The van der Waals surface area contributed by atoms with Crippen LogP contribution in [0.3, 0.4) is 0 Å². The smallest absolute Gasteiger partial charge is 0.313 e. The molecule has 3 fully saturated rings. The van der Waals surface area contributed by atoms with Gasteiger partial charge in [0.25, 0.3) is 0 Å². The Balaban J connectivity index is 1.50. The summed E-state index contributed by atoms with van der Waals surface area (Å²) in [6.45, 7) is 5.99. The van der Waals surface area contributed by atoms with Gasteiger partial charge in [-0.25, -0.2) is 0 Å². The maximum absolute atomic E-state index is 14.5. The lowest BCUT2D eigenvalue weighted by molar-refractivity contribution is -0.158. The predicted octanol–water partition coefficient (Wildman–Crippen LogP) is -0.199. The second-order valence-electron chi connectivity index (χ2n) is 11.2. The lowest BCUT2D eigenvalue weighted by atomic mass is 9.74. The van der Waals surface area contributed by atoms with Crippen molar-refractivity contribution in [1.29, 1.82) is 0 Å². The van der Waals surface area contributed by atoms with Crippen LogP contribution < -0.4 is 5.32 Å². The second-order valence-corrected chi connectivity index (χ2v) is 12.2. The zero-order valence-corrected chi connectivity index (χ0v) is 24.9. The molecule has 0 aromatic heterocycles. The predicted molar refractivity (Wildman–Crippen MR) is 150 cm³/mol. The van der Waals surface area contributed by atoms with E-state index in [-0.39, 0.29) is 50.3 Å². The van der Waals surface area contributed by atoms with Gasteiger partial charge in [0.1, 0.15) is 29.8 Å². The Labute approximate surface area is 248 Å². The largest absolute Gasteiger partial charge is 0.460 e. The first-order valence-corrected chi connectivity index (χ1v) is 15.2. The van der Waals surface area contributed by atoms with Gasteiger partial charge >= 0.3 is 5.97 Å². The van der Waals surface area contributed by atoms with Crippen LogP contribution in [0.1, 0.15) is 26.2 Å². The number of likely N-dealkylation sites (tertiary alicyclic amines) is 1. The fourth-order valence-corrected chi connectivity index (χ4v) is 7.23. The van der Waals surface area contributed by atoms with E-state index in [1.165, 1.54) is 4.90 Å². The Morgan fingerprint density at radius 1 is 1.10 bits per heavy atom. The fraction of sp³-hybridized carbons (Fsp3) is 0.714. The van der Waals surface area contributed by atoms with Crippen molar-refractivity contribution in [3.05, 3.63) is 22.7 Å². The summed E-state index contributed by atoms with van der Waals surface area (Å²) >= 11 is 3.54. The standard InChI is InChI=1S/C28H39BrN4O8/c1-18-17-30-20(35)6-3-2-4-7-32(10-9-31-11-14-39-15-12-31)26(37)24-28-16-19(29)23(41-28)21(27(38)40-18)22(28)25(36)33(24)8-5-13-34/h2,4,16,18,21-24,34H,3,5-15,17H2,1H3,(H,30,35)/b4-2-/t18-,21+,22-,23+,24+,28-/m1/s1. The molecular formula is C28H39BrN4O8. The van der Waals surface area contributed by atoms with Gasteiger partial charge in [-0.2, -0.15) is 0 Å². The first-order valence-electron chi connectivity index (χ1n) is 14.5. The van der Waals surface area contributed by atoms with Gasteiger partial charge in [0, 0.05) is 56.8 Å². The van der Waals surface area contributed by atoms with E-state index in [1.807, 2.05) is 12.2 Å². The Kier molecular flexibility index (Phi) is 9.49. The summed E-state index contributed by atoms with van der Waals surface area (Å²) in [6, 6.07) is -1.00. The number of halogens is 1. The summed E-state index contributed by atoms with van der Waals surface area (Å²) < 4.78 is 18.2. The summed E-state index contributed by atoms with van der Waals surface area (Å²) in [5, 5.41) is 12.4. The number of esters is 1. The zero-order valence-electron chi connectivity index (χ0n) is 23.3.